The molecule has 0 fully saturated rings. The summed E-state index contributed by atoms with van der Waals surface area (Å²) in [4.78, 5) is 12.6. The molecule has 2 aromatic carbocycles. The number of benzene rings is 2. The van der Waals surface area contributed by atoms with Crippen LogP contribution in [-0.4, -0.2) is 20.0 Å². The Bertz CT molecular complexity index is 698. The lowest BCUT2D eigenvalue weighted by atomic mass is 10.0. The number of ether oxygens (including phenoxy) is 2. The molecule has 21 heavy (non-hydrogen) atoms. The maximum absolute atomic E-state index is 13.4. The lowest BCUT2D eigenvalue weighted by molar-refractivity contribution is 0.103. The Balaban J connectivity index is 2.52. The molecule has 0 bridgehead atoms. The Morgan fingerprint density at radius 1 is 1.10 bits per heavy atom. The Hall–Kier alpha value is -1.88. The van der Waals surface area contributed by atoms with Gasteiger partial charge in [-0.05, 0) is 42.8 Å². The zero-order chi connectivity index (χ0) is 15.6. The molecule has 0 heterocycles. The van der Waals surface area contributed by atoms with Crippen LogP contribution in [0.5, 0.6) is 11.5 Å². The lowest BCUT2D eigenvalue weighted by Gasteiger charge is -2.11. The van der Waals surface area contributed by atoms with Crippen molar-refractivity contribution in [2.24, 2.45) is 0 Å². The van der Waals surface area contributed by atoms with Crippen LogP contribution in [0, 0.1) is 12.7 Å². The number of aryl methyl sites for hydroxylation is 1. The average Bonchev–Trinajstić information content (AvgIpc) is 2.49. The highest BCUT2D eigenvalue weighted by Gasteiger charge is 2.18. The Morgan fingerprint density at radius 2 is 1.76 bits per heavy atom. The molecule has 0 amide bonds. The van der Waals surface area contributed by atoms with Crippen molar-refractivity contribution in [1.29, 1.82) is 0 Å². The summed E-state index contributed by atoms with van der Waals surface area (Å²) in [5.74, 6) is -0.257. The number of halogens is 2. The van der Waals surface area contributed by atoms with Gasteiger partial charge < -0.3 is 9.47 Å². The van der Waals surface area contributed by atoms with Gasteiger partial charge in [-0.2, -0.15) is 0 Å². The number of methoxy groups -OCH3 is 2. The summed E-state index contributed by atoms with van der Waals surface area (Å²) in [6.07, 6.45) is 0. The van der Waals surface area contributed by atoms with Gasteiger partial charge in [-0.15, -0.1) is 0 Å². The van der Waals surface area contributed by atoms with Crippen molar-refractivity contribution >= 4 is 21.7 Å². The van der Waals surface area contributed by atoms with Crippen LogP contribution >= 0.6 is 15.9 Å². The first kappa shape index (κ1) is 15.5. The van der Waals surface area contributed by atoms with Gasteiger partial charge in [0.1, 0.15) is 5.75 Å². The number of ketones is 1. The second-order valence-electron chi connectivity index (χ2n) is 4.48. The van der Waals surface area contributed by atoms with E-state index in [1.165, 1.54) is 32.4 Å². The second kappa shape index (κ2) is 6.26. The van der Waals surface area contributed by atoms with Crippen molar-refractivity contribution < 1.29 is 18.7 Å². The van der Waals surface area contributed by atoms with Gasteiger partial charge in [0.15, 0.2) is 17.3 Å². The zero-order valence-corrected chi connectivity index (χ0v) is 13.5. The van der Waals surface area contributed by atoms with E-state index in [9.17, 15) is 9.18 Å². The van der Waals surface area contributed by atoms with Crippen molar-refractivity contribution in [1.82, 2.24) is 0 Å². The van der Waals surface area contributed by atoms with Crippen LogP contribution in [0.25, 0.3) is 0 Å². The second-order valence-corrected chi connectivity index (χ2v) is 5.33. The smallest absolute Gasteiger partial charge is 0.196 e. The fourth-order valence-electron chi connectivity index (χ4n) is 1.96. The van der Waals surface area contributed by atoms with Gasteiger partial charge in [0.25, 0.3) is 0 Å². The predicted octanol–water partition coefficient (Wildman–Crippen LogP) is 4.14. The minimum absolute atomic E-state index is 0.0333. The third kappa shape index (κ3) is 3.08. The summed E-state index contributed by atoms with van der Waals surface area (Å²) in [5, 5.41) is 0. The minimum Gasteiger partial charge on any atom is -0.496 e. The predicted molar refractivity (Wildman–Crippen MR) is 81.8 cm³/mol. The molecule has 110 valence electrons. The van der Waals surface area contributed by atoms with E-state index < -0.39 is 5.82 Å². The molecule has 0 spiro atoms. The fourth-order valence-corrected chi connectivity index (χ4v) is 2.30. The van der Waals surface area contributed by atoms with E-state index in [-0.39, 0.29) is 11.5 Å². The number of hydrogen-bond donors (Lipinski definition) is 0. The maximum Gasteiger partial charge on any atom is 0.196 e. The summed E-state index contributed by atoms with van der Waals surface area (Å²) in [6, 6.07) is 7.49. The van der Waals surface area contributed by atoms with E-state index >= 15 is 0 Å². The van der Waals surface area contributed by atoms with Gasteiger partial charge in [-0.1, -0.05) is 15.9 Å². The molecule has 0 N–H and O–H groups in total. The van der Waals surface area contributed by atoms with E-state index in [1.54, 1.807) is 12.1 Å². The van der Waals surface area contributed by atoms with E-state index in [1.807, 2.05) is 6.92 Å². The molecular weight excluding hydrogens is 339 g/mol. The fraction of sp³-hybridized carbons (Fsp3) is 0.188. The van der Waals surface area contributed by atoms with Crippen LogP contribution in [0.4, 0.5) is 4.39 Å². The molecule has 3 nitrogen and oxygen atoms in total. The van der Waals surface area contributed by atoms with Crippen molar-refractivity contribution in [3.05, 3.63) is 57.3 Å². The molecular formula is C16H14BrFO3. The van der Waals surface area contributed by atoms with Gasteiger partial charge in [0.2, 0.25) is 0 Å². The van der Waals surface area contributed by atoms with Crippen molar-refractivity contribution in [2.45, 2.75) is 6.92 Å². The van der Waals surface area contributed by atoms with Crippen molar-refractivity contribution in [3.8, 4) is 11.5 Å². The van der Waals surface area contributed by atoms with Crippen LogP contribution in [0.15, 0.2) is 34.8 Å². The summed E-state index contributed by atoms with van der Waals surface area (Å²) in [7, 11) is 2.86. The van der Waals surface area contributed by atoms with Gasteiger partial charge in [0, 0.05) is 10.0 Å². The number of carbonyl (C=O) groups is 1. The third-order valence-corrected chi connectivity index (χ3v) is 3.99. The van der Waals surface area contributed by atoms with Crippen molar-refractivity contribution in [2.75, 3.05) is 14.2 Å². The summed E-state index contributed by atoms with van der Waals surface area (Å²) in [5.41, 5.74) is 1.70. The largest absolute Gasteiger partial charge is 0.496 e. The molecule has 0 aliphatic heterocycles. The Morgan fingerprint density at radius 3 is 2.38 bits per heavy atom. The normalized spacial score (nSPS) is 10.3. The molecule has 0 unspecified atom stereocenters. The molecule has 0 saturated heterocycles. The van der Waals surface area contributed by atoms with Crippen molar-refractivity contribution in [3.63, 3.8) is 0 Å². The van der Waals surface area contributed by atoms with E-state index in [2.05, 4.69) is 15.9 Å². The zero-order valence-electron chi connectivity index (χ0n) is 11.9. The first-order valence-corrected chi connectivity index (χ1v) is 6.99. The van der Waals surface area contributed by atoms with Crippen LogP contribution < -0.4 is 9.47 Å². The minimum atomic E-state index is -0.508. The van der Waals surface area contributed by atoms with Gasteiger partial charge >= 0.3 is 0 Å². The number of rotatable bonds is 4. The summed E-state index contributed by atoms with van der Waals surface area (Å²) in [6.45, 7) is 1.90. The molecule has 0 saturated carbocycles. The quantitative estimate of drug-likeness (QED) is 0.775. The first-order valence-electron chi connectivity index (χ1n) is 6.20. The number of hydrogen-bond acceptors (Lipinski definition) is 3. The molecule has 5 heteroatoms. The van der Waals surface area contributed by atoms with E-state index in [4.69, 9.17) is 9.47 Å². The molecule has 2 aromatic rings. The van der Waals surface area contributed by atoms with Gasteiger partial charge in [-0.3, -0.25) is 4.79 Å². The third-order valence-electron chi connectivity index (χ3n) is 3.14. The molecule has 0 aliphatic rings. The number of carbonyl (C=O) groups excluding carboxylic acids is 1. The molecule has 0 radical (unpaired) electrons. The standard InChI is InChI=1S/C16H14BrFO3/c1-9-6-14(20-2)11(8-12(9)17)16(19)10-4-5-13(18)15(7-10)21-3/h4-8H,1-3H3. The Labute approximate surface area is 130 Å². The van der Waals surface area contributed by atoms with E-state index in [0.29, 0.717) is 16.9 Å². The van der Waals surface area contributed by atoms with Crippen LogP contribution in [0.3, 0.4) is 0 Å². The molecule has 0 aromatic heterocycles. The highest BCUT2D eigenvalue weighted by atomic mass is 79.9. The monoisotopic (exact) mass is 352 g/mol. The summed E-state index contributed by atoms with van der Waals surface area (Å²) < 4.78 is 24.4. The lowest BCUT2D eigenvalue weighted by Crippen LogP contribution is -2.05. The SMILES string of the molecule is COc1cc(C(=O)c2cc(Br)c(C)cc2OC)ccc1F. The summed E-state index contributed by atoms with van der Waals surface area (Å²) >= 11 is 3.40. The topological polar surface area (TPSA) is 35.5 Å². The van der Waals surface area contributed by atoms with E-state index in [0.717, 1.165) is 10.0 Å². The van der Waals surface area contributed by atoms with Crippen LogP contribution in [0.1, 0.15) is 21.5 Å². The molecule has 2 rings (SSSR count). The van der Waals surface area contributed by atoms with Crippen LogP contribution in [-0.2, 0) is 0 Å². The first-order chi connectivity index (χ1) is 9.97. The Kier molecular flexibility index (Phi) is 4.63. The van der Waals surface area contributed by atoms with Gasteiger partial charge in [0.05, 0.1) is 19.8 Å². The maximum atomic E-state index is 13.4. The average molecular weight is 353 g/mol. The molecule has 0 atom stereocenters. The highest BCUT2D eigenvalue weighted by molar-refractivity contribution is 9.10. The highest BCUT2D eigenvalue weighted by Crippen LogP contribution is 2.30. The van der Waals surface area contributed by atoms with Crippen LogP contribution in [0.2, 0.25) is 0 Å². The molecule has 0 aliphatic carbocycles. The van der Waals surface area contributed by atoms with Gasteiger partial charge in [-0.25, -0.2) is 4.39 Å².